The molecule has 5 heteroatoms. The highest BCUT2D eigenvalue weighted by atomic mass is 79.9. The van der Waals surface area contributed by atoms with Gasteiger partial charge in [0.2, 0.25) is 0 Å². The Balaban J connectivity index is 2.99. The zero-order chi connectivity index (χ0) is 14.6. The van der Waals surface area contributed by atoms with Crippen molar-refractivity contribution in [1.82, 2.24) is 9.78 Å². The lowest BCUT2D eigenvalue weighted by Crippen LogP contribution is -2.50. The molecule has 0 aliphatic carbocycles. The number of hydrogen-bond acceptors (Lipinski definition) is 3. The molecule has 0 aliphatic rings. The molecule has 0 fully saturated rings. The van der Waals surface area contributed by atoms with E-state index < -0.39 is 0 Å². The predicted molar refractivity (Wildman–Crippen MR) is 82.3 cm³/mol. The van der Waals surface area contributed by atoms with E-state index in [-0.39, 0.29) is 11.6 Å². The second-order valence-corrected chi connectivity index (χ2v) is 5.76. The number of hydrogen-bond donors (Lipinski definition) is 1. The molecule has 0 saturated carbocycles. The van der Waals surface area contributed by atoms with Gasteiger partial charge in [0.15, 0.2) is 0 Å². The summed E-state index contributed by atoms with van der Waals surface area (Å²) in [7, 11) is 3.72. The molecular formula is C14H26BrN3O. The van der Waals surface area contributed by atoms with Crippen molar-refractivity contribution < 1.29 is 4.74 Å². The van der Waals surface area contributed by atoms with Gasteiger partial charge in [-0.25, -0.2) is 0 Å². The summed E-state index contributed by atoms with van der Waals surface area (Å²) in [6.07, 6.45) is 3.51. The van der Waals surface area contributed by atoms with E-state index in [2.05, 4.69) is 41.8 Å². The van der Waals surface area contributed by atoms with Crippen molar-refractivity contribution in [2.45, 2.75) is 58.1 Å². The quantitative estimate of drug-likeness (QED) is 0.835. The minimum absolute atomic E-state index is 0.0380. The van der Waals surface area contributed by atoms with Crippen LogP contribution in [-0.2, 0) is 24.6 Å². The first-order valence-electron chi connectivity index (χ1n) is 6.96. The maximum atomic E-state index is 6.42. The fourth-order valence-electron chi connectivity index (χ4n) is 2.65. The van der Waals surface area contributed by atoms with E-state index >= 15 is 0 Å². The number of ether oxygens (including phenoxy) is 1. The second-order valence-electron chi connectivity index (χ2n) is 4.97. The summed E-state index contributed by atoms with van der Waals surface area (Å²) >= 11 is 3.64. The molecule has 1 rings (SSSR count). The molecule has 19 heavy (non-hydrogen) atoms. The van der Waals surface area contributed by atoms with Gasteiger partial charge in [-0.15, -0.1) is 0 Å². The summed E-state index contributed by atoms with van der Waals surface area (Å²) in [6.45, 7) is 6.36. The van der Waals surface area contributed by atoms with Gasteiger partial charge < -0.3 is 10.5 Å². The summed E-state index contributed by atoms with van der Waals surface area (Å²) in [6, 6.07) is -0.0380. The van der Waals surface area contributed by atoms with Crippen LogP contribution in [0.25, 0.3) is 0 Å². The number of rotatable bonds is 7. The molecule has 0 radical (unpaired) electrons. The zero-order valence-corrected chi connectivity index (χ0v) is 14.2. The van der Waals surface area contributed by atoms with Gasteiger partial charge in [-0.1, -0.05) is 20.8 Å². The van der Waals surface area contributed by atoms with Gasteiger partial charge in [0.05, 0.1) is 21.5 Å². The van der Waals surface area contributed by atoms with Gasteiger partial charge >= 0.3 is 0 Å². The third-order valence-electron chi connectivity index (χ3n) is 4.20. The minimum atomic E-state index is -0.254. The predicted octanol–water partition coefficient (Wildman–Crippen LogP) is 2.82. The Labute approximate surface area is 124 Å². The third-order valence-corrected chi connectivity index (χ3v) is 5.11. The van der Waals surface area contributed by atoms with Crippen LogP contribution in [0.5, 0.6) is 0 Å². The lowest BCUT2D eigenvalue weighted by molar-refractivity contribution is -0.0378. The van der Waals surface area contributed by atoms with E-state index in [1.165, 1.54) is 0 Å². The number of nitrogens with two attached hydrogens (primary N) is 1. The highest BCUT2D eigenvalue weighted by molar-refractivity contribution is 9.10. The number of methoxy groups -OCH3 is 1. The van der Waals surface area contributed by atoms with Crippen LogP contribution in [-0.4, -0.2) is 28.5 Å². The summed E-state index contributed by atoms with van der Waals surface area (Å²) < 4.78 is 8.73. The van der Waals surface area contributed by atoms with E-state index in [0.717, 1.165) is 41.5 Å². The Morgan fingerprint density at radius 3 is 2.32 bits per heavy atom. The van der Waals surface area contributed by atoms with Crippen LogP contribution in [0.4, 0.5) is 0 Å². The summed E-state index contributed by atoms with van der Waals surface area (Å²) in [5, 5.41) is 4.51. The van der Waals surface area contributed by atoms with Gasteiger partial charge in [-0.05, 0) is 35.2 Å². The van der Waals surface area contributed by atoms with Crippen molar-refractivity contribution in [3.63, 3.8) is 0 Å². The fraction of sp³-hybridized carbons (Fsp3) is 0.786. The van der Waals surface area contributed by atoms with Crippen molar-refractivity contribution in [1.29, 1.82) is 0 Å². The van der Waals surface area contributed by atoms with Gasteiger partial charge in [0.25, 0.3) is 0 Å². The van der Waals surface area contributed by atoms with Gasteiger partial charge in [0.1, 0.15) is 0 Å². The van der Waals surface area contributed by atoms with Crippen LogP contribution in [0.3, 0.4) is 0 Å². The SMILES string of the molecule is CCc1nn(C)c(CC(N)C(CC)(CC)OC)c1Br. The van der Waals surface area contributed by atoms with E-state index in [4.69, 9.17) is 10.5 Å². The van der Waals surface area contributed by atoms with Gasteiger partial charge in [0, 0.05) is 26.6 Å². The summed E-state index contributed by atoms with van der Waals surface area (Å²) in [5.74, 6) is 0. The van der Waals surface area contributed by atoms with Crippen LogP contribution in [0.15, 0.2) is 4.47 Å². The van der Waals surface area contributed by atoms with Gasteiger partial charge in [-0.2, -0.15) is 5.10 Å². The van der Waals surface area contributed by atoms with Crippen molar-refractivity contribution in [2.75, 3.05) is 7.11 Å². The highest BCUT2D eigenvalue weighted by Gasteiger charge is 2.34. The molecule has 0 aliphatic heterocycles. The highest BCUT2D eigenvalue weighted by Crippen LogP contribution is 2.28. The average Bonchev–Trinajstić information content (AvgIpc) is 2.69. The molecule has 1 aromatic heterocycles. The molecule has 1 unspecified atom stereocenters. The topological polar surface area (TPSA) is 53.1 Å². The monoisotopic (exact) mass is 331 g/mol. The number of nitrogens with zero attached hydrogens (tertiary/aromatic N) is 2. The van der Waals surface area contributed by atoms with E-state index in [1.54, 1.807) is 7.11 Å². The standard InChI is InChI=1S/C14H26BrN3O/c1-6-10-13(15)11(18(4)17-10)9-12(16)14(7-2,8-3)19-5/h12H,6-9,16H2,1-5H3. The number of halogens is 1. The minimum Gasteiger partial charge on any atom is -0.377 e. The Hall–Kier alpha value is -0.390. The lowest BCUT2D eigenvalue weighted by atomic mass is 9.86. The Morgan fingerprint density at radius 1 is 1.37 bits per heavy atom. The summed E-state index contributed by atoms with van der Waals surface area (Å²) in [4.78, 5) is 0. The van der Waals surface area contributed by atoms with Crippen LogP contribution in [0.1, 0.15) is 45.0 Å². The molecule has 2 N–H and O–H groups in total. The Kier molecular flexibility index (Phi) is 6.02. The van der Waals surface area contributed by atoms with Gasteiger partial charge in [-0.3, -0.25) is 4.68 Å². The van der Waals surface area contributed by atoms with Crippen LogP contribution in [0, 0.1) is 0 Å². The zero-order valence-electron chi connectivity index (χ0n) is 12.7. The normalized spacial score (nSPS) is 13.8. The smallest absolute Gasteiger partial charge is 0.0827 e. The van der Waals surface area contributed by atoms with Crippen LogP contribution in [0.2, 0.25) is 0 Å². The third kappa shape index (κ3) is 3.20. The molecule has 0 saturated heterocycles. The first-order valence-corrected chi connectivity index (χ1v) is 7.75. The number of aryl methyl sites for hydroxylation is 2. The Morgan fingerprint density at radius 2 is 1.95 bits per heavy atom. The maximum absolute atomic E-state index is 6.42. The fourth-order valence-corrected chi connectivity index (χ4v) is 3.43. The molecule has 0 amide bonds. The second kappa shape index (κ2) is 6.86. The molecule has 1 aromatic rings. The van der Waals surface area contributed by atoms with Crippen LogP contribution < -0.4 is 5.73 Å². The molecule has 0 aromatic carbocycles. The molecule has 1 heterocycles. The van der Waals surface area contributed by atoms with Crippen molar-refractivity contribution in [3.8, 4) is 0 Å². The largest absolute Gasteiger partial charge is 0.377 e. The average molecular weight is 332 g/mol. The van der Waals surface area contributed by atoms with E-state index in [1.807, 2.05) is 11.7 Å². The summed E-state index contributed by atoms with van der Waals surface area (Å²) in [5.41, 5.74) is 8.39. The first-order chi connectivity index (χ1) is 8.95. The lowest BCUT2D eigenvalue weighted by Gasteiger charge is -2.36. The van der Waals surface area contributed by atoms with E-state index in [0.29, 0.717) is 0 Å². The molecule has 110 valence electrons. The molecular weight excluding hydrogens is 306 g/mol. The van der Waals surface area contributed by atoms with Crippen molar-refractivity contribution in [2.24, 2.45) is 12.8 Å². The molecule has 0 spiro atoms. The molecule has 4 nitrogen and oxygen atoms in total. The van der Waals surface area contributed by atoms with E-state index in [9.17, 15) is 0 Å². The Bertz CT molecular complexity index is 405. The van der Waals surface area contributed by atoms with Crippen molar-refractivity contribution >= 4 is 15.9 Å². The van der Waals surface area contributed by atoms with Crippen molar-refractivity contribution in [3.05, 3.63) is 15.9 Å². The van der Waals surface area contributed by atoms with Crippen LogP contribution >= 0.6 is 15.9 Å². The first kappa shape index (κ1) is 16.7. The molecule has 0 bridgehead atoms. The maximum Gasteiger partial charge on any atom is 0.0827 e. The number of aromatic nitrogens is 2. The molecule has 1 atom stereocenters.